The van der Waals surface area contributed by atoms with Crippen molar-refractivity contribution in [3.63, 3.8) is 0 Å². The summed E-state index contributed by atoms with van der Waals surface area (Å²) < 4.78 is 10.9. The van der Waals surface area contributed by atoms with Gasteiger partial charge < -0.3 is 5.11 Å². The lowest BCUT2D eigenvalue weighted by Gasteiger charge is -2.37. The zero-order valence-corrected chi connectivity index (χ0v) is 12.7. The third kappa shape index (κ3) is 7.49. The third-order valence-corrected chi connectivity index (χ3v) is 3.79. The van der Waals surface area contributed by atoms with Crippen LogP contribution in [0.4, 0.5) is 0 Å². The molecule has 0 saturated carbocycles. The fraction of sp³-hybridized carbons (Fsp3) is 0.923. The minimum atomic E-state index is -0.768. The molecule has 1 N–H and O–H groups in total. The van der Waals surface area contributed by atoms with Gasteiger partial charge in [0.15, 0.2) is 0 Å². The summed E-state index contributed by atoms with van der Waals surface area (Å²) in [5.41, 5.74) is 0.238. The molecule has 0 aromatic carbocycles. The Balaban J connectivity index is 4.64. The van der Waals surface area contributed by atoms with Gasteiger partial charge in [-0.25, -0.2) is 0 Å². The fourth-order valence-electron chi connectivity index (χ4n) is 2.68. The average molecular weight is 261 g/mol. The van der Waals surface area contributed by atoms with Gasteiger partial charge in [0.2, 0.25) is 0 Å². The van der Waals surface area contributed by atoms with Crippen molar-refractivity contribution in [2.45, 2.75) is 53.9 Å². The Labute approximate surface area is 106 Å². The van der Waals surface area contributed by atoms with Gasteiger partial charge in [-0.05, 0) is 23.7 Å². The van der Waals surface area contributed by atoms with E-state index in [9.17, 15) is 9.36 Å². The molecule has 0 aliphatic rings. The van der Waals surface area contributed by atoms with E-state index in [4.69, 9.17) is 5.11 Å². The number of rotatable bonds is 7. The molecule has 0 aromatic heterocycles. The summed E-state index contributed by atoms with van der Waals surface area (Å²) >= 11 is 0. The maximum atomic E-state index is 10.9. The summed E-state index contributed by atoms with van der Waals surface area (Å²) in [6.45, 7) is 10.9. The summed E-state index contributed by atoms with van der Waals surface area (Å²) in [5.74, 6) is -0.551. The molecule has 0 aliphatic carbocycles. The van der Waals surface area contributed by atoms with Gasteiger partial charge in [-0.1, -0.05) is 39.2 Å². The molecule has 0 fully saturated rings. The maximum absolute atomic E-state index is 10.9. The van der Waals surface area contributed by atoms with Gasteiger partial charge in [0.05, 0.1) is 0 Å². The van der Waals surface area contributed by atoms with Crippen molar-refractivity contribution in [2.75, 3.05) is 6.16 Å². The lowest BCUT2D eigenvalue weighted by molar-refractivity contribution is -0.137. The van der Waals surface area contributed by atoms with Crippen molar-refractivity contribution >= 4 is 14.4 Å². The average Bonchev–Trinajstić information content (AvgIpc) is 2.07. The van der Waals surface area contributed by atoms with Gasteiger partial charge in [-0.3, -0.25) is 4.79 Å². The topological polar surface area (TPSA) is 54.4 Å². The van der Waals surface area contributed by atoms with Crippen molar-refractivity contribution in [3.8, 4) is 0 Å². The summed E-state index contributed by atoms with van der Waals surface area (Å²) in [5, 5.41) is 8.75. The van der Waals surface area contributed by atoms with Crippen molar-refractivity contribution in [1.29, 1.82) is 0 Å². The van der Waals surface area contributed by atoms with E-state index in [-0.39, 0.29) is 31.6 Å². The Morgan fingerprint density at radius 2 is 1.76 bits per heavy atom. The van der Waals surface area contributed by atoms with E-state index in [1.807, 2.05) is 0 Å². The first-order chi connectivity index (χ1) is 7.58. The molecule has 0 rings (SSSR count). The first kappa shape index (κ1) is 16.6. The molecule has 0 spiro atoms. The molecule has 2 atom stereocenters. The minimum absolute atomic E-state index is 0.0328. The second kappa shape index (κ2) is 6.49. The monoisotopic (exact) mass is 261 g/mol. The van der Waals surface area contributed by atoms with Gasteiger partial charge in [-0.2, -0.15) is 0 Å². The number of carbonyl (C=O) groups is 1. The van der Waals surface area contributed by atoms with Crippen LogP contribution in [-0.4, -0.2) is 17.2 Å². The molecule has 3 nitrogen and oxygen atoms in total. The molecular formula is C13H26O3P+. The quantitative estimate of drug-likeness (QED) is 0.706. The molecule has 0 saturated heterocycles. The van der Waals surface area contributed by atoms with Crippen LogP contribution in [0.3, 0.4) is 0 Å². The molecular weight excluding hydrogens is 235 g/mol. The highest BCUT2D eigenvalue weighted by Gasteiger charge is 2.35. The Morgan fingerprint density at radius 1 is 1.24 bits per heavy atom. The first-order valence-electron chi connectivity index (χ1n) is 6.15. The molecule has 0 aromatic rings. The Kier molecular flexibility index (Phi) is 6.32. The van der Waals surface area contributed by atoms with Gasteiger partial charge >= 0.3 is 14.4 Å². The van der Waals surface area contributed by atoms with Crippen LogP contribution in [0, 0.1) is 16.7 Å². The molecule has 0 bridgehead atoms. The minimum Gasteiger partial charge on any atom is -0.481 e. The van der Waals surface area contributed by atoms with Crippen molar-refractivity contribution < 1.29 is 14.5 Å². The van der Waals surface area contributed by atoms with Gasteiger partial charge in [0.25, 0.3) is 0 Å². The van der Waals surface area contributed by atoms with Crippen molar-refractivity contribution in [2.24, 2.45) is 16.7 Å². The van der Waals surface area contributed by atoms with Gasteiger partial charge in [-0.15, -0.1) is 0 Å². The summed E-state index contributed by atoms with van der Waals surface area (Å²) in [6.07, 6.45) is 2.40. The number of aliphatic carboxylic acids is 1. The smallest absolute Gasteiger partial charge is 0.325 e. The lowest BCUT2D eigenvalue weighted by Crippen LogP contribution is -2.30. The summed E-state index contributed by atoms with van der Waals surface area (Å²) in [4.78, 5) is 10.6. The Hall–Kier alpha value is -0.430. The number of hydrogen-bond donors (Lipinski definition) is 1. The molecule has 0 heterocycles. The highest BCUT2D eigenvalue weighted by Crippen LogP contribution is 2.42. The molecule has 1 unspecified atom stereocenters. The van der Waals surface area contributed by atoms with E-state index in [0.29, 0.717) is 12.6 Å². The molecule has 0 amide bonds. The van der Waals surface area contributed by atoms with E-state index in [0.717, 1.165) is 6.42 Å². The highest BCUT2D eigenvalue weighted by atomic mass is 31.1. The maximum Gasteiger partial charge on any atom is 0.325 e. The Bertz CT molecular complexity index is 266. The molecule has 100 valence electrons. The molecule has 4 heteroatoms. The largest absolute Gasteiger partial charge is 0.481 e. The van der Waals surface area contributed by atoms with Gasteiger partial charge in [0, 0.05) is 12.3 Å². The van der Waals surface area contributed by atoms with Crippen LogP contribution in [0.15, 0.2) is 0 Å². The van der Waals surface area contributed by atoms with Crippen LogP contribution in [0.25, 0.3) is 0 Å². The predicted octanol–water partition coefficient (Wildman–Crippen LogP) is 3.95. The predicted molar refractivity (Wildman–Crippen MR) is 72.1 cm³/mol. The SMILES string of the molecule is CC(C)(C)CC(C)(C)[C@@H](CCC(=O)O)C[PH+]=O. The fourth-order valence-corrected chi connectivity index (χ4v) is 3.64. The zero-order chi connectivity index (χ0) is 13.7. The van der Waals surface area contributed by atoms with Crippen LogP contribution in [0.1, 0.15) is 53.9 Å². The molecule has 17 heavy (non-hydrogen) atoms. The standard InChI is InChI=1S/C13H25O3P/c1-12(2,3)9-13(4,5)10(8-17-16)6-7-11(14)15/h10H,6-9H2,1-5H3,(H,14,15)/p+1/t10-/m0/s1. The van der Waals surface area contributed by atoms with Crippen LogP contribution < -0.4 is 0 Å². The van der Waals surface area contributed by atoms with E-state index in [1.165, 1.54) is 0 Å². The molecule has 0 radical (unpaired) electrons. The van der Waals surface area contributed by atoms with Crippen molar-refractivity contribution in [3.05, 3.63) is 0 Å². The number of hydrogen-bond acceptors (Lipinski definition) is 2. The van der Waals surface area contributed by atoms with Crippen LogP contribution in [-0.2, 0) is 9.36 Å². The number of carboxylic acids is 1. The normalized spacial score (nSPS) is 14.9. The number of carboxylic acid groups (broad SMARTS) is 1. The lowest BCUT2D eigenvalue weighted by atomic mass is 9.68. The van der Waals surface area contributed by atoms with Gasteiger partial charge in [0.1, 0.15) is 6.16 Å². The van der Waals surface area contributed by atoms with Crippen LogP contribution in [0.5, 0.6) is 0 Å². The van der Waals surface area contributed by atoms with E-state index < -0.39 is 5.97 Å². The second-order valence-electron chi connectivity index (χ2n) is 6.70. The van der Waals surface area contributed by atoms with E-state index >= 15 is 0 Å². The van der Waals surface area contributed by atoms with Crippen molar-refractivity contribution in [1.82, 2.24) is 0 Å². The summed E-state index contributed by atoms with van der Waals surface area (Å²) in [7, 11) is -0.341. The highest BCUT2D eigenvalue weighted by molar-refractivity contribution is 7.23. The molecule has 0 aliphatic heterocycles. The zero-order valence-electron chi connectivity index (χ0n) is 11.7. The Morgan fingerprint density at radius 3 is 2.12 bits per heavy atom. The third-order valence-electron chi connectivity index (χ3n) is 3.13. The van der Waals surface area contributed by atoms with E-state index in [2.05, 4.69) is 34.6 Å². The van der Waals surface area contributed by atoms with Crippen LogP contribution >= 0.6 is 8.46 Å². The van der Waals surface area contributed by atoms with Crippen LogP contribution in [0.2, 0.25) is 0 Å². The second-order valence-corrected chi connectivity index (χ2v) is 7.40. The summed E-state index contributed by atoms with van der Waals surface area (Å²) in [6, 6.07) is 0. The van der Waals surface area contributed by atoms with E-state index in [1.54, 1.807) is 0 Å². The first-order valence-corrected chi connectivity index (χ1v) is 7.27.